The third-order valence-corrected chi connectivity index (χ3v) is 5.15. The summed E-state index contributed by atoms with van der Waals surface area (Å²) in [7, 11) is 0. The smallest absolute Gasteiger partial charge is 0.267 e. The van der Waals surface area contributed by atoms with Crippen LogP contribution in [0.5, 0.6) is 0 Å². The second kappa shape index (κ2) is 8.03. The number of nitrogens with zero attached hydrogens (tertiary/aromatic N) is 2. The Balaban J connectivity index is 1.72. The third kappa shape index (κ3) is 4.31. The second-order valence-corrected chi connectivity index (χ2v) is 6.93. The number of amides is 1. The average molecular weight is 351 g/mol. The number of benzene rings is 1. The van der Waals surface area contributed by atoms with Gasteiger partial charge in [-0.15, -0.1) is 11.3 Å². The summed E-state index contributed by atoms with van der Waals surface area (Å²) in [4.78, 5) is 21.8. The monoisotopic (exact) mass is 351 g/mol. The summed E-state index contributed by atoms with van der Waals surface area (Å²) in [5.74, 6) is -0.119. The number of hydrogen-bond donors (Lipinski definition) is 1. The van der Waals surface area contributed by atoms with Crippen molar-refractivity contribution in [2.75, 3.05) is 5.32 Å². The van der Waals surface area contributed by atoms with Gasteiger partial charge in [-0.2, -0.15) is 0 Å². The Morgan fingerprint density at radius 2 is 2.00 bits per heavy atom. The maximum atomic E-state index is 12.6. The lowest BCUT2D eigenvalue weighted by atomic mass is 10.1. The molecule has 0 atom stereocenters. The Bertz CT molecular complexity index is 841. The zero-order valence-corrected chi connectivity index (χ0v) is 15.3. The number of anilines is 1. The van der Waals surface area contributed by atoms with Crippen LogP contribution in [0.3, 0.4) is 0 Å². The van der Waals surface area contributed by atoms with Crippen LogP contribution in [0.1, 0.15) is 40.7 Å². The maximum absolute atomic E-state index is 12.6. The molecule has 2 heterocycles. The van der Waals surface area contributed by atoms with Crippen LogP contribution in [0.25, 0.3) is 10.6 Å². The van der Waals surface area contributed by atoms with Crippen molar-refractivity contribution in [3.05, 3.63) is 64.9 Å². The molecule has 4 nitrogen and oxygen atoms in total. The van der Waals surface area contributed by atoms with Gasteiger partial charge in [0.1, 0.15) is 9.88 Å². The van der Waals surface area contributed by atoms with E-state index in [2.05, 4.69) is 34.3 Å². The Kier molecular flexibility index (Phi) is 5.56. The quantitative estimate of drug-likeness (QED) is 0.671. The molecule has 1 N–H and O–H groups in total. The normalized spacial score (nSPS) is 10.6. The number of thiazole rings is 1. The number of unbranched alkanes of at least 4 members (excludes halogenated alkanes) is 1. The minimum absolute atomic E-state index is 0.119. The first kappa shape index (κ1) is 17.3. The van der Waals surface area contributed by atoms with Gasteiger partial charge in [-0.1, -0.05) is 25.5 Å². The van der Waals surface area contributed by atoms with Gasteiger partial charge < -0.3 is 5.32 Å². The highest BCUT2D eigenvalue weighted by atomic mass is 32.1. The number of carbonyl (C=O) groups excluding carboxylic acids is 1. The van der Waals surface area contributed by atoms with E-state index in [0.717, 1.165) is 28.4 Å². The van der Waals surface area contributed by atoms with Crippen molar-refractivity contribution in [3.63, 3.8) is 0 Å². The molecule has 0 unspecified atom stereocenters. The fourth-order valence-corrected chi connectivity index (χ4v) is 3.49. The van der Waals surface area contributed by atoms with E-state index in [4.69, 9.17) is 0 Å². The van der Waals surface area contributed by atoms with Gasteiger partial charge in [0.15, 0.2) is 0 Å². The number of aromatic nitrogens is 2. The van der Waals surface area contributed by atoms with Crippen LogP contribution in [0, 0.1) is 6.92 Å². The molecule has 3 aromatic rings. The highest BCUT2D eigenvalue weighted by Gasteiger charge is 2.16. The number of pyridine rings is 1. The van der Waals surface area contributed by atoms with E-state index in [1.165, 1.54) is 29.7 Å². The molecule has 0 bridgehead atoms. The van der Waals surface area contributed by atoms with Crippen molar-refractivity contribution in [3.8, 4) is 10.6 Å². The van der Waals surface area contributed by atoms with Gasteiger partial charge in [-0.05, 0) is 49.6 Å². The number of carbonyl (C=O) groups is 1. The summed E-state index contributed by atoms with van der Waals surface area (Å²) in [6, 6.07) is 11.9. The average Bonchev–Trinajstić information content (AvgIpc) is 3.04. The van der Waals surface area contributed by atoms with Gasteiger partial charge in [-0.3, -0.25) is 9.78 Å². The zero-order valence-electron chi connectivity index (χ0n) is 14.5. The van der Waals surface area contributed by atoms with Crippen LogP contribution in [0.2, 0.25) is 0 Å². The molecule has 25 heavy (non-hydrogen) atoms. The fourth-order valence-electron chi connectivity index (χ4n) is 2.54. The summed E-state index contributed by atoms with van der Waals surface area (Å²) in [5.41, 5.74) is 3.77. The molecule has 0 aliphatic carbocycles. The molecule has 2 aromatic heterocycles. The number of hydrogen-bond acceptors (Lipinski definition) is 4. The molecule has 0 fully saturated rings. The van der Waals surface area contributed by atoms with Crippen LogP contribution in [0.4, 0.5) is 5.69 Å². The Labute approximate surface area is 152 Å². The van der Waals surface area contributed by atoms with E-state index in [0.29, 0.717) is 4.88 Å². The topological polar surface area (TPSA) is 54.9 Å². The van der Waals surface area contributed by atoms with Gasteiger partial charge in [0.05, 0.1) is 5.69 Å². The molecule has 5 heteroatoms. The largest absolute Gasteiger partial charge is 0.321 e. The zero-order chi connectivity index (χ0) is 17.6. The Morgan fingerprint density at radius 3 is 2.68 bits per heavy atom. The highest BCUT2D eigenvalue weighted by molar-refractivity contribution is 7.17. The van der Waals surface area contributed by atoms with Crippen molar-refractivity contribution < 1.29 is 4.79 Å². The van der Waals surface area contributed by atoms with Crippen LogP contribution < -0.4 is 5.32 Å². The molecule has 0 aliphatic rings. The summed E-state index contributed by atoms with van der Waals surface area (Å²) in [6.45, 7) is 4.05. The second-order valence-electron chi connectivity index (χ2n) is 5.93. The van der Waals surface area contributed by atoms with E-state index in [1.807, 2.05) is 31.2 Å². The predicted molar refractivity (Wildman–Crippen MR) is 103 cm³/mol. The van der Waals surface area contributed by atoms with E-state index in [1.54, 1.807) is 12.4 Å². The molecular formula is C20H21N3OS. The molecule has 0 saturated carbocycles. The van der Waals surface area contributed by atoms with Gasteiger partial charge in [0.25, 0.3) is 5.91 Å². The van der Waals surface area contributed by atoms with Crippen LogP contribution >= 0.6 is 11.3 Å². The lowest BCUT2D eigenvalue weighted by Gasteiger charge is -2.05. The van der Waals surface area contributed by atoms with Crippen molar-refractivity contribution >= 4 is 22.9 Å². The number of aryl methyl sites for hydroxylation is 2. The maximum Gasteiger partial charge on any atom is 0.267 e. The van der Waals surface area contributed by atoms with Gasteiger partial charge in [-0.25, -0.2) is 4.98 Å². The predicted octanol–water partition coefficient (Wildman–Crippen LogP) is 5.11. The van der Waals surface area contributed by atoms with Gasteiger partial charge >= 0.3 is 0 Å². The first-order chi connectivity index (χ1) is 12.2. The standard InChI is InChI=1S/C20H21N3OS/c1-3-4-6-15-8-10-17(11-9-15)23-19(24)18-14(2)22-20(25-18)16-7-5-12-21-13-16/h5,7-13H,3-4,6H2,1-2H3,(H,23,24). The minimum Gasteiger partial charge on any atom is -0.321 e. The summed E-state index contributed by atoms with van der Waals surface area (Å²) < 4.78 is 0. The molecular weight excluding hydrogens is 330 g/mol. The number of nitrogens with one attached hydrogen (secondary N) is 1. The Morgan fingerprint density at radius 1 is 1.20 bits per heavy atom. The van der Waals surface area contributed by atoms with Gasteiger partial charge in [0.2, 0.25) is 0 Å². The van der Waals surface area contributed by atoms with Crippen LogP contribution in [0.15, 0.2) is 48.8 Å². The Hall–Kier alpha value is -2.53. The molecule has 3 rings (SSSR count). The molecule has 0 radical (unpaired) electrons. The summed E-state index contributed by atoms with van der Waals surface area (Å²) in [6.07, 6.45) is 6.93. The van der Waals surface area contributed by atoms with Gasteiger partial charge in [0, 0.05) is 23.6 Å². The van der Waals surface area contributed by atoms with E-state index in [-0.39, 0.29) is 5.91 Å². The first-order valence-electron chi connectivity index (χ1n) is 8.45. The SMILES string of the molecule is CCCCc1ccc(NC(=O)c2sc(-c3cccnc3)nc2C)cc1. The van der Waals surface area contributed by atoms with Crippen molar-refractivity contribution in [2.24, 2.45) is 0 Å². The lowest BCUT2D eigenvalue weighted by molar-refractivity contribution is 0.103. The molecule has 0 spiro atoms. The van der Waals surface area contributed by atoms with Crippen molar-refractivity contribution in [1.29, 1.82) is 0 Å². The minimum atomic E-state index is -0.119. The van der Waals surface area contributed by atoms with E-state index < -0.39 is 0 Å². The summed E-state index contributed by atoms with van der Waals surface area (Å²) in [5, 5.41) is 3.77. The lowest BCUT2D eigenvalue weighted by Crippen LogP contribution is -2.11. The molecule has 128 valence electrons. The van der Waals surface area contributed by atoms with E-state index >= 15 is 0 Å². The van der Waals surface area contributed by atoms with Crippen molar-refractivity contribution in [2.45, 2.75) is 33.1 Å². The molecule has 0 saturated heterocycles. The molecule has 1 amide bonds. The molecule has 0 aliphatic heterocycles. The van der Waals surface area contributed by atoms with Crippen LogP contribution in [-0.4, -0.2) is 15.9 Å². The van der Waals surface area contributed by atoms with Crippen LogP contribution in [-0.2, 0) is 6.42 Å². The van der Waals surface area contributed by atoms with Crippen molar-refractivity contribution in [1.82, 2.24) is 9.97 Å². The highest BCUT2D eigenvalue weighted by Crippen LogP contribution is 2.28. The third-order valence-electron chi connectivity index (χ3n) is 3.94. The first-order valence-corrected chi connectivity index (χ1v) is 9.27. The summed E-state index contributed by atoms with van der Waals surface area (Å²) >= 11 is 1.39. The fraction of sp³-hybridized carbons (Fsp3) is 0.250. The van der Waals surface area contributed by atoms with E-state index in [9.17, 15) is 4.79 Å². The molecule has 1 aromatic carbocycles. The number of rotatable bonds is 6.